The van der Waals surface area contributed by atoms with E-state index in [4.69, 9.17) is 5.11 Å². The van der Waals surface area contributed by atoms with Crippen LogP contribution in [-0.4, -0.2) is 20.6 Å². The summed E-state index contributed by atoms with van der Waals surface area (Å²) in [5, 5.41) is 8.67. The van der Waals surface area contributed by atoms with Crippen molar-refractivity contribution in [3.05, 3.63) is 17.7 Å². The number of carboxylic acid groups (broad SMARTS) is 1. The molecule has 0 unspecified atom stereocenters. The molecule has 1 aliphatic rings. The lowest BCUT2D eigenvalue weighted by molar-refractivity contribution is -0.136. The predicted molar refractivity (Wildman–Crippen MR) is 65.0 cm³/mol. The number of hydrogen-bond donors (Lipinski definition) is 1. The van der Waals surface area contributed by atoms with Crippen LogP contribution >= 0.6 is 0 Å². The summed E-state index contributed by atoms with van der Waals surface area (Å²) in [6.07, 6.45) is 9.16. The number of rotatable bonds is 4. The second-order valence-corrected chi connectivity index (χ2v) is 4.87. The second kappa shape index (κ2) is 5.34. The third-order valence-corrected chi connectivity index (χ3v) is 3.53. The minimum absolute atomic E-state index is 0.168. The molecule has 2 rings (SSSR count). The molecule has 4 heteroatoms. The maximum absolute atomic E-state index is 10.5. The van der Waals surface area contributed by atoms with Gasteiger partial charge in [-0.1, -0.05) is 19.3 Å². The second-order valence-electron chi connectivity index (χ2n) is 4.87. The van der Waals surface area contributed by atoms with E-state index in [2.05, 4.69) is 9.55 Å². The summed E-state index contributed by atoms with van der Waals surface area (Å²) in [6, 6.07) is 0.579. The number of aromatic nitrogens is 2. The molecule has 0 radical (unpaired) electrons. The van der Waals surface area contributed by atoms with Gasteiger partial charge in [-0.2, -0.15) is 0 Å². The number of nitrogens with zero attached hydrogens (tertiary/aromatic N) is 2. The van der Waals surface area contributed by atoms with Gasteiger partial charge in [0, 0.05) is 18.7 Å². The van der Waals surface area contributed by atoms with Gasteiger partial charge in [0.25, 0.3) is 0 Å². The van der Waals surface area contributed by atoms with E-state index < -0.39 is 5.97 Å². The van der Waals surface area contributed by atoms with Crippen molar-refractivity contribution in [3.63, 3.8) is 0 Å². The molecule has 1 heterocycles. The monoisotopic (exact) mass is 236 g/mol. The molecule has 94 valence electrons. The summed E-state index contributed by atoms with van der Waals surface area (Å²) in [7, 11) is 0. The summed E-state index contributed by atoms with van der Waals surface area (Å²) >= 11 is 0. The summed E-state index contributed by atoms with van der Waals surface area (Å²) in [6.45, 7) is 2.01. The Labute approximate surface area is 102 Å². The number of hydrogen-bond acceptors (Lipinski definition) is 2. The van der Waals surface area contributed by atoms with E-state index in [-0.39, 0.29) is 6.42 Å². The molecule has 0 atom stereocenters. The molecular weight excluding hydrogens is 216 g/mol. The Morgan fingerprint density at radius 2 is 2.18 bits per heavy atom. The molecular formula is C13H20N2O2. The van der Waals surface area contributed by atoms with Gasteiger partial charge >= 0.3 is 5.97 Å². The van der Waals surface area contributed by atoms with Crippen molar-refractivity contribution in [2.24, 2.45) is 0 Å². The quantitative estimate of drug-likeness (QED) is 0.874. The van der Waals surface area contributed by atoms with Gasteiger partial charge < -0.3 is 9.67 Å². The highest BCUT2D eigenvalue weighted by atomic mass is 16.4. The first kappa shape index (κ1) is 12.1. The number of imidazole rings is 1. The Morgan fingerprint density at radius 3 is 2.82 bits per heavy atom. The van der Waals surface area contributed by atoms with E-state index in [0.717, 1.165) is 11.5 Å². The molecule has 0 spiro atoms. The topological polar surface area (TPSA) is 55.1 Å². The first-order chi connectivity index (χ1) is 8.16. The molecule has 1 aromatic rings. The van der Waals surface area contributed by atoms with Gasteiger partial charge in [-0.05, 0) is 19.8 Å². The van der Waals surface area contributed by atoms with Crippen LogP contribution in [0.5, 0.6) is 0 Å². The van der Waals surface area contributed by atoms with Crippen molar-refractivity contribution in [1.82, 2.24) is 9.55 Å². The standard InChI is InChI=1S/C13H20N2O2/c1-10-14-11(7-8-13(16)17)9-15(10)12-5-3-2-4-6-12/h9,12H,2-8H2,1H3,(H,16,17). The van der Waals surface area contributed by atoms with E-state index >= 15 is 0 Å². The molecule has 0 saturated heterocycles. The molecule has 1 aliphatic carbocycles. The summed E-state index contributed by atoms with van der Waals surface area (Å²) in [5.41, 5.74) is 0.912. The van der Waals surface area contributed by atoms with Crippen molar-refractivity contribution in [1.29, 1.82) is 0 Å². The zero-order valence-electron chi connectivity index (χ0n) is 10.4. The summed E-state index contributed by atoms with van der Waals surface area (Å²) in [5.74, 6) is 0.271. The van der Waals surface area contributed by atoms with Gasteiger partial charge in [0.2, 0.25) is 0 Å². The number of aliphatic carboxylic acids is 1. The average Bonchev–Trinajstić information content (AvgIpc) is 2.69. The van der Waals surface area contributed by atoms with Crippen molar-refractivity contribution in [3.8, 4) is 0 Å². The molecule has 0 amide bonds. The van der Waals surface area contributed by atoms with Crippen LogP contribution in [0.2, 0.25) is 0 Å². The van der Waals surface area contributed by atoms with Gasteiger partial charge in [-0.15, -0.1) is 0 Å². The fourth-order valence-electron chi connectivity index (χ4n) is 2.63. The molecule has 0 bridgehead atoms. The van der Waals surface area contributed by atoms with Crippen molar-refractivity contribution < 1.29 is 9.90 Å². The first-order valence-electron chi connectivity index (χ1n) is 6.43. The van der Waals surface area contributed by atoms with E-state index in [1.165, 1.54) is 32.1 Å². The van der Waals surface area contributed by atoms with E-state index in [9.17, 15) is 4.79 Å². The Hall–Kier alpha value is -1.32. The van der Waals surface area contributed by atoms with Gasteiger partial charge in [0.1, 0.15) is 5.82 Å². The predicted octanol–water partition coefficient (Wildman–Crippen LogP) is 2.71. The third kappa shape index (κ3) is 3.08. The molecule has 17 heavy (non-hydrogen) atoms. The zero-order chi connectivity index (χ0) is 12.3. The number of carboxylic acids is 1. The minimum Gasteiger partial charge on any atom is -0.481 e. The highest BCUT2D eigenvalue weighted by molar-refractivity contribution is 5.66. The lowest BCUT2D eigenvalue weighted by atomic mass is 9.95. The minimum atomic E-state index is -0.755. The largest absolute Gasteiger partial charge is 0.481 e. The molecule has 1 aromatic heterocycles. The first-order valence-corrected chi connectivity index (χ1v) is 6.43. The SMILES string of the molecule is Cc1nc(CCC(=O)O)cn1C1CCCCC1. The Morgan fingerprint density at radius 1 is 1.47 bits per heavy atom. The van der Waals surface area contributed by atoms with Gasteiger partial charge in [0.05, 0.1) is 12.1 Å². The van der Waals surface area contributed by atoms with E-state index in [0.29, 0.717) is 12.5 Å². The van der Waals surface area contributed by atoms with Crippen molar-refractivity contribution in [2.45, 2.75) is 57.9 Å². The fraction of sp³-hybridized carbons (Fsp3) is 0.692. The number of aryl methyl sites for hydroxylation is 2. The lowest BCUT2D eigenvalue weighted by Gasteiger charge is -2.23. The molecule has 0 aromatic carbocycles. The number of carbonyl (C=O) groups is 1. The highest BCUT2D eigenvalue weighted by Crippen LogP contribution is 2.29. The van der Waals surface area contributed by atoms with Gasteiger partial charge in [-0.3, -0.25) is 4.79 Å². The highest BCUT2D eigenvalue weighted by Gasteiger charge is 2.17. The summed E-state index contributed by atoms with van der Waals surface area (Å²) in [4.78, 5) is 15.0. The third-order valence-electron chi connectivity index (χ3n) is 3.53. The Bertz CT molecular complexity index is 392. The Kier molecular flexibility index (Phi) is 3.82. The van der Waals surface area contributed by atoms with Crippen LogP contribution in [-0.2, 0) is 11.2 Å². The lowest BCUT2D eigenvalue weighted by Crippen LogP contribution is -2.13. The molecule has 0 aliphatic heterocycles. The normalized spacial score (nSPS) is 17.2. The van der Waals surface area contributed by atoms with E-state index in [1.54, 1.807) is 0 Å². The van der Waals surface area contributed by atoms with Gasteiger partial charge in [0.15, 0.2) is 0 Å². The van der Waals surface area contributed by atoms with Crippen LogP contribution in [0.1, 0.15) is 56.1 Å². The maximum atomic E-state index is 10.5. The van der Waals surface area contributed by atoms with Crippen molar-refractivity contribution in [2.75, 3.05) is 0 Å². The van der Waals surface area contributed by atoms with Crippen LogP contribution in [0.4, 0.5) is 0 Å². The zero-order valence-corrected chi connectivity index (χ0v) is 10.4. The average molecular weight is 236 g/mol. The van der Waals surface area contributed by atoms with Crippen LogP contribution in [0.15, 0.2) is 6.20 Å². The summed E-state index contributed by atoms with van der Waals surface area (Å²) < 4.78 is 2.25. The van der Waals surface area contributed by atoms with Crippen molar-refractivity contribution >= 4 is 5.97 Å². The van der Waals surface area contributed by atoms with Crippen LogP contribution in [0, 0.1) is 6.92 Å². The fourth-order valence-corrected chi connectivity index (χ4v) is 2.63. The maximum Gasteiger partial charge on any atom is 0.303 e. The van der Waals surface area contributed by atoms with E-state index in [1.807, 2.05) is 13.1 Å². The van der Waals surface area contributed by atoms with Crippen LogP contribution in [0.3, 0.4) is 0 Å². The molecule has 4 nitrogen and oxygen atoms in total. The Balaban J connectivity index is 2.04. The molecule has 1 saturated carbocycles. The van der Waals surface area contributed by atoms with Crippen LogP contribution in [0.25, 0.3) is 0 Å². The molecule has 1 fully saturated rings. The van der Waals surface area contributed by atoms with Gasteiger partial charge in [-0.25, -0.2) is 4.98 Å². The smallest absolute Gasteiger partial charge is 0.303 e. The molecule has 1 N–H and O–H groups in total. The van der Waals surface area contributed by atoms with Crippen LogP contribution < -0.4 is 0 Å².